The van der Waals surface area contributed by atoms with Crippen molar-refractivity contribution in [2.24, 2.45) is 11.7 Å². The molecule has 0 spiro atoms. The van der Waals surface area contributed by atoms with Gasteiger partial charge >= 0.3 is 0 Å². The van der Waals surface area contributed by atoms with Gasteiger partial charge in [0.25, 0.3) is 0 Å². The van der Waals surface area contributed by atoms with Crippen LogP contribution in [0.5, 0.6) is 5.75 Å². The number of aliphatic hydroxyl groups excluding tert-OH is 1. The highest BCUT2D eigenvalue weighted by molar-refractivity contribution is 9.11. The van der Waals surface area contributed by atoms with Crippen molar-refractivity contribution in [2.45, 2.75) is 37.8 Å². The molecule has 0 heterocycles. The lowest BCUT2D eigenvalue weighted by molar-refractivity contribution is 0.0844. The summed E-state index contributed by atoms with van der Waals surface area (Å²) in [5.74, 6) is 0.452. The van der Waals surface area contributed by atoms with E-state index in [1.165, 1.54) is 12.8 Å². The molecule has 0 aromatic heterocycles. The van der Waals surface area contributed by atoms with Crippen molar-refractivity contribution in [1.82, 2.24) is 0 Å². The molecule has 0 unspecified atom stereocenters. The van der Waals surface area contributed by atoms with Crippen molar-refractivity contribution >= 4 is 31.9 Å². The first kappa shape index (κ1) is 14.3. The topological polar surface area (TPSA) is 66.5 Å². The summed E-state index contributed by atoms with van der Waals surface area (Å²) in [6, 6.07) is 3.12. The summed E-state index contributed by atoms with van der Waals surface area (Å²) in [6.45, 7) is 0. The molecule has 18 heavy (non-hydrogen) atoms. The molecule has 1 aromatic rings. The Hall–Kier alpha value is -0.100. The molecule has 3 nitrogen and oxygen atoms in total. The zero-order valence-electron chi connectivity index (χ0n) is 9.94. The van der Waals surface area contributed by atoms with Crippen LogP contribution in [0.15, 0.2) is 21.1 Å². The molecule has 2 atom stereocenters. The Morgan fingerprint density at radius 2 is 1.67 bits per heavy atom. The summed E-state index contributed by atoms with van der Waals surface area (Å²) in [4.78, 5) is 0. The highest BCUT2D eigenvalue weighted by Gasteiger charge is 2.29. The third kappa shape index (κ3) is 2.90. The Bertz CT molecular complexity index is 410. The van der Waals surface area contributed by atoms with Gasteiger partial charge in [0.1, 0.15) is 5.75 Å². The highest BCUT2D eigenvalue weighted by atomic mass is 79.9. The molecule has 1 saturated carbocycles. The van der Waals surface area contributed by atoms with Gasteiger partial charge in [-0.1, -0.05) is 12.8 Å². The number of aromatic hydroxyl groups is 1. The fraction of sp³-hybridized carbons (Fsp3) is 0.538. The Balaban J connectivity index is 2.19. The molecule has 1 fully saturated rings. The summed E-state index contributed by atoms with van der Waals surface area (Å²) in [7, 11) is 0. The number of benzene rings is 1. The molecule has 2 rings (SSSR count). The lowest BCUT2D eigenvalue weighted by Crippen LogP contribution is -2.31. The molecule has 5 heteroatoms. The minimum absolute atomic E-state index is 0.154. The van der Waals surface area contributed by atoms with E-state index in [1.807, 2.05) is 0 Å². The average molecular weight is 379 g/mol. The quantitative estimate of drug-likeness (QED) is 0.754. The van der Waals surface area contributed by atoms with Crippen LogP contribution in [-0.4, -0.2) is 16.3 Å². The first-order valence-corrected chi connectivity index (χ1v) is 7.71. The molecule has 1 aliphatic carbocycles. The molecule has 0 radical (unpaired) electrons. The zero-order valence-corrected chi connectivity index (χ0v) is 13.1. The van der Waals surface area contributed by atoms with Crippen molar-refractivity contribution in [3.05, 3.63) is 26.6 Å². The van der Waals surface area contributed by atoms with Crippen LogP contribution >= 0.6 is 31.9 Å². The second kappa shape index (κ2) is 5.90. The Morgan fingerprint density at radius 3 is 2.17 bits per heavy atom. The smallest absolute Gasteiger partial charge is 0.143 e. The first-order valence-electron chi connectivity index (χ1n) is 6.12. The predicted octanol–water partition coefficient (Wildman–Crippen LogP) is 3.47. The molecule has 1 aliphatic rings. The molecular weight excluding hydrogens is 362 g/mol. The van der Waals surface area contributed by atoms with E-state index in [4.69, 9.17) is 5.73 Å². The van der Waals surface area contributed by atoms with Gasteiger partial charge in [0.05, 0.1) is 21.1 Å². The summed E-state index contributed by atoms with van der Waals surface area (Å²) in [5.41, 5.74) is 6.96. The number of halogens is 2. The van der Waals surface area contributed by atoms with Crippen LogP contribution in [0.1, 0.15) is 37.3 Å². The van der Waals surface area contributed by atoms with Crippen molar-refractivity contribution in [2.75, 3.05) is 0 Å². The maximum Gasteiger partial charge on any atom is 0.143 e. The third-order valence-corrected chi connectivity index (χ3v) is 4.88. The molecule has 1 aromatic carbocycles. The summed E-state index contributed by atoms with van der Waals surface area (Å²) >= 11 is 6.56. The normalized spacial score (nSPS) is 20.0. The second-order valence-electron chi connectivity index (χ2n) is 4.89. The fourth-order valence-corrected chi connectivity index (χ4v) is 3.79. The second-order valence-corrected chi connectivity index (χ2v) is 6.60. The molecule has 100 valence electrons. The van der Waals surface area contributed by atoms with E-state index in [-0.39, 0.29) is 5.75 Å². The van der Waals surface area contributed by atoms with E-state index < -0.39 is 12.1 Å². The van der Waals surface area contributed by atoms with Gasteiger partial charge in [-0.15, -0.1) is 0 Å². The average Bonchev–Trinajstić information content (AvgIpc) is 2.87. The van der Waals surface area contributed by atoms with E-state index in [9.17, 15) is 10.2 Å². The van der Waals surface area contributed by atoms with Gasteiger partial charge in [0.2, 0.25) is 0 Å². The van der Waals surface area contributed by atoms with Crippen LogP contribution in [0.3, 0.4) is 0 Å². The maximum absolute atomic E-state index is 10.3. The minimum atomic E-state index is -0.518. The molecule has 0 aliphatic heterocycles. The molecular formula is C13H17Br2NO2. The van der Waals surface area contributed by atoms with E-state index >= 15 is 0 Å². The van der Waals surface area contributed by atoms with Crippen molar-refractivity contribution in [3.8, 4) is 5.75 Å². The van der Waals surface area contributed by atoms with E-state index in [0.29, 0.717) is 14.9 Å². The van der Waals surface area contributed by atoms with Crippen molar-refractivity contribution in [1.29, 1.82) is 0 Å². The maximum atomic E-state index is 10.3. The van der Waals surface area contributed by atoms with Gasteiger partial charge in [0.15, 0.2) is 0 Å². The van der Waals surface area contributed by atoms with Crippen molar-refractivity contribution < 1.29 is 10.2 Å². The lowest BCUT2D eigenvalue weighted by atomic mass is 9.91. The number of phenolic OH excluding ortho intramolecular Hbond substituents is 1. The van der Waals surface area contributed by atoms with E-state index in [1.54, 1.807) is 12.1 Å². The Kier molecular flexibility index (Phi) is 4.69. The largest absolute Gasteiger partial charge is 0.506 e. The van der Waals surface area contributed by atoms with Gasteiger partial charge in [0, 0.05) is 0 Å². The van der Waals surface area contributed by atoms with Crippen LogP contribution in [0.25, 0.3) is 0 Å². The summed E-state index contributed by atoms with van der Waals surface area (Å²) < 4.78 is 1.17. The van der Waals surface area contributed by atoms with Crippen molar-refractivity contribution in [3.63, 3.8) is 0 Å². The van der Waals surface area contributed by atoms with Crippen LogP contribution in [0.2, 0.25) is 0 Å². The molecule has 0 saturated heterocycles. The van der Waals surface area contributed by atoms with Gasteiger partial charge in [-0.25, -0.2) is 0 Å². The third-order valence-electron chi connectivity index (χ3n) is 3.67. The fourth-order valence-electron chi connectivity index (χ4n) is 2.57. The minimum Gasteiger partial charge on any atom is -0.506 e. The number of phenols is 1. The van der Waals surface area contributed by atoms with Crippen LogP contribution < -0.4 is 5.73 Å². The molecule has 0 amide bonds. The SMILES string of the molecule is N[C@@H](c1cc(Br)c(O)c(Br)c1)[C@H](O)C1CCCC1. The van der Waals surface area contributed by atoms with Crippen LogP contribution in [0.4, 0.5) is 0 Å². The zero-order chi connectivity index (χ0) is 13.3. The van der Waals surface area contributed by atoms with Gasteiger partial charge in [-0.2, -0.15) is 0 Å². The van der Waals surface area contributed by atoms with Gasteiger partial charge in [-0.3, -0.25) is 0 Å². The van der Waals surface area contributed by atoms with Gasteiger partial charge in [-0.05, 0) is 68.3 Å². The first-order chi connectivity index (χ1) is 8.50. The molecule has 4 N–H and O–H groups in total. The number of hydrogen-bond donors (Lipinski definition) is 3. The monoisotopic (exact) mass is 377 g/mol. The number of aliphatic hydroxyl groups is 1. The number of rotatable bonds is 3. The number of nitrogens with two attached hydrogens (primary N) is 1. The van der Waals surface area contributed by atoms with E-state index in [2.05, 4.69) is 31.9 Å². The Morgan fingerprint density at radius 1 is 1.17 bits per heavy atom. The highest BCUT2D eigenvalue weighted by Crippen LogP contribution is 2.37. The number of hydrogen-bond acceptors (Lipinski definition) is 3. The summed E-state index contributed by atoms with van der Waals surface area (Å²) in [6.07, 6.45) is 3.94. The Labute approximate surface area is 124 Å². The van der Waals surface area contributed by atoms with Gasteiger partial charge < -0.3 is 15.9 Å². The van der Waals surface area contributed by atoms with Crippen LogP contribution in [0, 0.1) is 5.92 Å². The predicted molar refractivity (Wildman–Crippen MR) is 78.4 cm³/mol. The standard InChI is InChI=1S/C13H17Br2NO2/c14-9-5-8(6-10(15)13(9)18)11(16)12(17)7-3-1-2-4-7/h5-7,11-12,17-18H,1-4,16H2/t11-,12+/m0/s1. The summed E-state index contributed by atoms with van der Waals surface area (Å²) in [5, 5.41) is 20.0. The lowest BCUT2D eigenvalue weighted by Gasteiger charge is -2.25. The van der Waals surface area contributed by atoms with Crippen LogP contribution in [-0.2, 0) is 0 Å². The van der Waals surface area contributed by atoms with E-state index in [0.717, 1.165) is 18.4 Å². The molecule has 0 bridgehead atoms.